The maximum absolute atomic E-state index is 13.6. The van der Waals surface area contributed by atoms with Crippen LogP contribution in [-0.2, 0) is 6.42 Å². The first-order valence-corrected chi connectivity index (χ1v) is 8.85. The Bertz CT molecular complexity index is 734. The van der Waals surface area contributed by atoms with E-state index in [1.165, 1.54) is 12.1 Å². The molecule has 1 fully saturated rings. The normalized spacial score (nSPS) is 17.4. The number of carbonyl (C=O) groups excluding carboxylic acids is 1. The summed E-state index contributed by atoms with van der Waals surface area (Å²) in [5.41, 5.74) is 3.01. The molecule has 1 aliphatic heterocycles. The van der Waals surface area contributed by atoms with Crippen molar-refractivity contribution in [1.82, 2.24) is 15.2 Å². The van der Waals surface area contributed by atoms with Gasteiger partial charge in [-0.3, -0.25) is 4.98 Å². The van der Waals surface area contributed by atoms with Gasteiger partial charge in [0.2, 0.25) is 0 Å². The molecule has 0 bridgehead atoms. The monoisotopic (exact) mass is 341 g/mol. The largest absolute Gasteiger partial charge is 0.338 e. The van der Waals surface area contributed by atoms with E-state index in [1.807, 2.05) is 30.0 Å². The van der Waals surface area contributed by atoms with Gasteiger partial charge in [0.15, 0.2) is 0 Å². The number of nitrogens with zero attached hydrogens (tertiary/aromatic N) is 2. The molecule has 0 radical (unpaired) electrons. The fraction of sp³-hybridized carbons (Fsp3) is 0.400. The maximum atomic E-state index is 13.6. The van der Waals surface area contributed by atoms with E-state index < -0.39 is 0 Å². The van der Waals surface area contributed by atoms with E-state index in [4.69, 9.17) is 0 Å². The molecule has 4 nitrogen and oxygen atoms in total. The van der Waals surface area contributed by atoms with Crippen molar-refractivity contribution in [1.29, 1.82) is 0 Å². The summed E-state index contributed by atoms with van der Waals surface area (Å²) >= 11 is 0. The van der Waals surface area contributed by atoms with Gasteiger partial charge in [-0.25, -0.2) is 9.18 Å². The minimum Gasteiger partial charge on any atom is -0.338 e. The van der Waals surface area contributed by atoms with Gasteiger partial charge in [0, 0.05) is 31.4 Å². The van der Waals surface area contributed by atoms with Gasteiger partial charge in [0.25, 0.3) is 0 Å². The molecule has 2 aromatic rings. The Morgan fingerprint density at radius 3 is 3.00 bits per heavy atom. The summed E-state index contributed by atoms with van der Waals surface area (Å²) < 4.78 is 13.6. The highest BCUT2D eigenvalue weighted by Crippen LogP contribution is 2.31. The molecule has 1 aromatic heterocycles. The van der Waals surface area contributed by atoms with Crippen LogP contribution in [0, 0.1) is 12.7 Å². The molecular formula is C20H24FN3O. The van der Waals surface area contributed by atoms with Crippen molar-refractivity contribution in [3.63, 3.8) is 0 Å². The van der Waals surface area contributed by atoms with Crippen LogP contribution in [-0.4, -0.2) is 29.0 Å². The van der Waals surface area contributed by atoms with Crippen LogP contribution in [0.5, 0.6) is 0 Å². The van der Waals surface area contributed by atoms with E-state index in [0.29, 0.717) is 19.5 Å². The number of pyridine rings is 1. The van der Waals surface area contributed by atoms with E-state index in [2.05, 4.69) is 10.3 Å². The fourth-order valence-corrected chi connectivity index (χ4v) is 3.40. The van der Waals surface area contributed by atoms with E-state index >= 15 is 0 Å². The van der Waals surface area contributed by atoms with Crippen molar-refractivity contribution >= 4 is 6.03 Å². The summed E-state index contributed by atoms with van der Waals surface area (Å²) in [4.78, 5) is 18.8. The predicted octanol–water partition coefficient (Wildman–Crippen LogP) is 4.01. The number of benzene rings is 1. The smallest absolute Gasteiger partial charge is 0.317 e. The Hall–Kier alpha value is -2.43. The molecule has 25 heavy (non-hydrogen) atoms. The molecular weight excluding hydrogens is 317 g/mol. The van der Waals surface area contributed by atoms with Crippen LogP contribution in [0.4, 0.5) is 9.18 Å². The Kier molecular flexibility index (Phi) is 5.64. The molecule has 1 N–H and O–H groups in total. The first kappa shape index (κ1) is 17.4. The summed E-state index contributed by atoms with van der Waals surface area (Å²) in [6.07, 6.45) is 5.39. The standard InChI is InChI=1S/C20H24FN3O/c1-15-6-5-11-22-18(15)10-12-23-20(25)24-13-3-2-9-19(24)16-7-4-8-17(21)14-16/h4-8,11,14,19H,2-3,9-10,12-13H2,1H3,(H,23,25)/t19-/m0/s1. The van der Waals surface area contributed by atoms with Gasteiger partial charge in [-0.05, 0) is 55.5 Å². The second-order valence-electron chi connectivity index (χ2n) is 6.51. The van der Waals surface area contributed by atoms with E-state index in [0.717, 1.165) is 36.1 Å². The molecule has 132 valence electrons. The van der Waals surface area contributed by atoms with Crippen molar-refractivity contribution in [2.75, 3.05) is 13.1 Å². The molecule has 0 aliphatic carbocycles. The van der Waals surface area contributed by atoms with E-state index in [-0.39, 0.29) is 17.9 Å². The molecule has 1 aliphatic rings. The number of urea groups is 1. The third-order valence-electron chi connectivity index (χ3n) is 4.75. The van der Waals surface area contributed by atoms with E-state index in [9.17, 15) is 9.18 Å². The van der Waals surface area contributed by atoms with Crippen LogP contribution in [0.2, 0.25) is 0 Å². The number of rotatable bonds is 4. The Labute approximate surface area is 148 Å². The molecule has 2 amide bonds. The number of likely N-dealkylation sites (tertiary alicyclic amines) is 1. The fourth-order valence-electron chi connectivity index (χ4n) is 3.40. The molecule has 2 heterocycles. The number of nitrogens with one attached hydrogen (secondary N) is 1. The van der Waals surface area contributed by atoms with Crippen LogP contribution in [0.1, 0.15) is 42.1 Å². The lowest BCUT2D eigenvalue weighted by Crippen LogP contribution is -2.45. The number of amides is 2. The van der Waals surface area contributed by atoms with Crippen molar-refractivity contribution in [3.05, 3.63) is 65.2 Å². The van der Waals surface area contributed by atoms with Gasteiger partial charge in [-0.2, -0.15) is 0 Å². The maximum Gasteiger partial charge on any atom is 0.317 e. The summed E-state index contributed by atoms with van der Waals surface area (Å²) in [5.74, 6) is -0.256. The first-order valence-electron chi connectivity index (χ1n) is 8.85. The topological polar surface area (TPSA) is 45.2 Å². The molecule has 1 atom stereocenters. The van der Waals surface area contributed by atoms with Crippen LogP contribution < -0.4 is 5.32 Å². The summed E-state index contributed by atoms with van der Waals surface area (Å²) in [7, 11) is 0. The van der Waals surface area contributed by atoms with Crippen molar-refractivity contribution in [3.8, 4) is 0 Å². The third kappa shape index (κ3) is 4.35. The van der Waals surface area contributed by atoms with Gasteiger partial charge in [0.1, 0.15) is 5.82 Å². The zero-order chi connectivity index (χ0) is 17.6. The zero-order valence-electron chi connectivity index (χ0n) is 14.5. The predicted molar refractivity (Wildman–Crippen MR) is 95.8 cm³/mol. The average Bonchev–Trinajstić information content (AvgIpc) is 2.63. The average molecular weight is 341 g/mol. The number of hydrogen-bond donors (Lipinski definition) is 1. The first-order chi connectivity index (χ1) is 12.1. The quantitative estimate of drug-likeness (QED) is 0.913. The Balaban J connectivity index is 1.62. The second kappa shape index (κ2) is 8.10. The summed E-state index contributed by atoms with van der Waals surface area (Å²) in [5, 5.41) is 3.00. The van der Waals surface area contributed by atoms with Crippen molar-refractivity contribution in [2.45, 2.75) is 38.6 Å². The van der Waals surface area contributed by atoms with Gasteiger partial charge in [-0.15, -0.1) is 0 Å². The Morgan fingerprint density at radius 2 is 2.20 bits per heavy atom. The zero-order valence-corrected chi connectivity index (χ0v) is 14.5. The van der Waals surface area contributed by atoms with E-state index in [1.54, 1.807) is 12.3 Å². The molecule has 0 unspecified atom stereocenters. The minimum atomic E-state index is -0.256. The van der Waals surface area contributed by atoms with Crippen molar-refractivity contribution in [2.24, 2.45) is 0 Å². The number of halogens is 1. The number of hydrogen-bond acceptors (Lipinski definition) is 2. The summed E-state index contributed by atoms with van der Waals surface area (Å²) in [6, 6.07) is 10.4. The van der Waals surface area contributed by atoms with Gasteiger partial charge >= 0.3 is 6.03 Å². The van der Waals surface area contributed by atoms with Gasteiger partial charge in [-0.1, -0.05) is 18.2 Å². The lowest BCUT2D eigenvalue weighted by molar-refractivity contribution is 0.151. The number of aromatic nitrogens is 1. The van der Waals surface area contributed by atoms with Gasteiger partial charge in [0.05, 0.1) is 6.04 Å². The Morgan fingerprint density at radius 1 is 1.32 bits per heavy atom. The number of aryl methyl sites for hydroxylation is 1. The molecule has 3 rings (SSSR count). The van der Waals surface area contributed by atoms with Gasteiger partial charge < -0.3 is 10.2 Å². The SMILES string of the molecule is Cc1cccnc1CCNC(=O)N1CCCC[C@H]1c1cccc(F)c1. The highest BCUT2D eigenvalue weighted by Gasteiger charge is 2.28. The lowest BCUT2D eigenvalue weighted by atomic mass is 9.95. The second-order valence-corrected chi connectivity index (χ2v) is 6.51. The third-order valence-corrected chi connectivity index (χ3v) is 4.75. The molecule has 0 saturated carbocycles. The molecule has 5 heteroatoms. The highest BCUT2D eigenvalue weighted by molar-refractivity contribution is 5.74. The highest BCUT2D eigenvalue weighted by atomic mass is 19.1. The van der Waals surface area contributed by atoms with Crippen LogP contribution in [0.25, 0.3) is 0 Å². The summed E-state index contributed by atoms with van der Waals surface area (Å²) in [6.45, 7) is 3.27. The van der Waals surface area contributed by atoms with Crippen LogP contribution in [0.3, 0.4) is 0 Å². The van der Waals surface area contributed by atoms with Crippen LogP contribution >= 0.6 is 0 Å². The lowest BCUT2D eigenvalue weighted by Gasteiger charge is -2.36. The number of carbonyl (C=O) groups is 1. The minimum absolute atomic E-state index is 0.0546. The molecule has 1 saturated heterocycles. The number of piperidine rings is 1. The molecule has 0 spiro atoms. The van der Waals surface area contributed by atoms with Crippen molar-refractivity contribution < 1.29 is 9.18 Å². The van der Waals surface area contributed by atoms with Crippen LogP contribution in [0.15, 0.2) is 42.6 Å². The molecule has 1 aromatic carbocycles.